The minimum atomic E-state index is 0.627. The number of pyridine rings is 1. The molecule has 0 spiro atoms. The van der Waals surface area contributed by atoms with Crippen molar-refractivity contribution in [3.63, 3.8) is 0 Å². The van der Waals surface area contributed by atoms with Crippen molar-refractivity contribution >= 4 is 5.82 Å². The third-order valence-electron chi connectivity index (χ3n) is 2.99. The Balaban J connectivity index is 2.00. The fourth-order valence-corrected chi connectivity index (χ4v) is 2.03. The summed E-state index contributed by atoms with van der Waals surface area (Å²) in [7, 11) is 1.70. The van der Waals surface area contributed by atoms with Crippen molar-refractivity contribution in [1.82, 2.24) is 4.98 Å². The van der Waals surface area contributed by atoms with Gasteiger partial charge in [0.05, 0.1) is 13.2 Å². The first-order chi connectivity index (χ1) is 10.3. The van der Waals surface area contributed by atoms with E-state index in [4.69, 9.17) is 9.47 Å². The zero-order valence-electron chi connectivity index (χ0n) is 12.6. The van der Waals surface area contributed by atoms with E-state index in [0.717, 1.165) is 18.0 Å². The van der Waals surface area contributed by atoms with Crippen LogP contribution < -0.4 is 10.1 Å². The quantitative estimate of drug-likeness (QED) is 0.804. The van der Waals surface area contributed by atoms with Crippen LogP contribution in [-0.2, 0) is 17.9 Å². The highest BCUT2D eigenvalue weighted by atomic mass is 16.5. The molecule has 0 bridgehead atoms. The lowest BCUT2D eigenvalue weighted by Crippen LogP contribution is -2.05. The second kappa shape index (κ2) is 8.27. The molecule has 2 aromatic rings. The number of anilines is 1. The van der Waals surface area contributed by atoms with Crippen LogP contribution in [0.5, 0.6) is 5.75 Å². The third kappa shape index (κ3) is 4.76. The molecule has 1 heterocycles. The van der Waals surface area contributed by atoms with Crippen molar-refractivity contribution in [2.45, 2.75) is 26.5 Å². The molecule has 0 atom stereocenters. The Labute approximate surface area is 126 Å². The molecule has 21 heavy (non-hydrogen) atoms. The van der Waals surface area contributed by atoms with E-state index in [0.29, 0.717) is 19.8 Å². The van der Waals surface area contributed by atoms with Gasteiger partial charge in [-0.05, 0) is 29.7 Å². The molecule has 0 saturated carbocycles. The fraction of sp³-hybridized carbons (Fsp3) is 0.353. The van der Waals surface area contributed by atoms with Crippen molar-refractivity contribution < 1.29 is 9.47 Å². The van der Waals surface area contributed by atoms with Gasteiger partial charge in [-0.1, -0.05) is 31.2 Å². The van der Waals surface area contributed by atoms with Crippen LogP contribution in [-0.4, -0.2) is 18.7 Å². The molecule has 4 heteroatoms. The monoisotopic (exact) mass is 286 g/mol. The summed E-state index contributed by atoms with van der Waals surface area (Å²) < 4.78 is 10.8. The van der Waals surface area contributed by atoms with Gasteiger partial charge in [0.25, 0.3) is 0 Å². The number of aromatic nitrogens is 1. The first-order valence-electron chi connectivity index (χ1n) is 7.22. The van der Waals surface area contributed by atoms with E-state index in [1.807, 2.05) is 18.2 Å². The van der Waals surface area contributed by atoms with Crippen molar-refractivity contribution in [1.29, 1.82) is 0 Å². The van der Waals surface area contributed by atoms with Gasteiger partial charge in [0.1, 0.15) is 0 Å². The van der Waals surface area contributed by atoms with Gasteiger partial charge in [-0.25, -0.2) is 4.98 Å². The number of hydrogen-bond acceptors (Lipinski definition) is 4. The maximum Gasteiger partial charge on any atom is 0.169 e. The minimum absolute atomic E-state index is 0.627. The molecule has 0 fully saturated rings. The van der Waals surface area contributed by atoms with Crippen LogP contribution >= 0.6 is 0 Å². The normalized spacial score (nSPS) is 10.4. The summed E-state index contributed by atoms with van der Waals surface area (Å²) in [4.78, 5) is 4.34. The van der Waals surface area contributed by atoms with Gasteiger partial charge in [-0.2, -0.15) is 0 Å². The summed E-state index contributed by atoms with van der Waals surface area (Å²) in [6.07, 6.45) is 2.75. The van der Waals surface area contributed by atoms with Crippen molar-refractivity contribution in [3.8, 4) is 5.75 Å². The molecule has 112 valence electrons. The Kier molecular flexibility index (Phi) is 6.03. The van der Waals surface area contributed by atoms with Gasteiger partial charge in [-0.15, -0.1) is 0 Å². The van der Waals surface area contributed by atoms with Crippen LogP contribution in [0, 0.1) is 0 Å². The van der Waals surface area contributed by atoms with Crippen LogP contribution in [0.25, 0.3) is 0 Å². The van der Waals surface area contributed by atoms with E-state index < -0.39 is 0 Å². The van der Waals surface area contributed by atoms with Gasteiger partial charge in [0.15, 0.2) is 11.6 Å². The first kappa shape index (κ1) is 15.3. The summed E-state index contributed by atoms with van der Waals surface area (Å²) >= 11 is 0. The molecular formula is C17H22N2O2. The van der Waals surface area contributed by atoms with E-state index in [2.05, 4.69) is 35.4 Å². The lowest BCUT2D eigenvalue weighted by atomic mass is 10.1. The summed E-state index contributed by atoms with van der Waals surface area (Å²) in [5.74, 6) is 1.58. The standard InChI is InChI=1S/C17H22N2O2/c1-3-10-21-16-8-5-9-18-17(16)19-12-14-6-4-7-15(11-14)13-20-2/h4-9,11H,3,10,12-13H2,1-2H3,(H,18,19). The molecule has 2 rings (SSSR count). The Hall–Kier alpha value is -2.07. The summed E-state index contributed by atoms with van der Waals surface area (Å²) in [6, 6.07) is 12.1. The fourth-order valence-electron chi connectivity index (χ4n) is 2.03. The Morgan fingerprint density at radius 3 is 2.81 bits per heavy atom. The molecule has 0 saturated heterocycles. The van der Waals surface area contributed by atoms with Crippen LogP contribution in [0.3, 0.4) is 0 Å². The highest BCUT2D eigenvalue weighted by molar-refractivity contribution is 5.49. The molecule has 0 amide bonds. The van der Waals surface area contributed by atoms with Crippen LogP contribution in [0.15, 0.2) is 42.6 Å². The zero-order valence-corrected chi connectivity index (χ0v) is 12.6. The van der Waals surface area contributed by atoms with Gasteiger partial charge in [-0.3, -0.25) is 0 Å². The van der Waals surface area contributed by atoms with Gasteiger partial charge < -0.3 is 14.8 Å². The highest BCUT2D eigenvalue weighted by Gasteiger charge is 2.04. The Morgan fingerprint density at radius 1 is 1.14 bits per heavy atom. The molecule has 1 aromatic carbocycles. The molecule has 0 aliphatic rings. The minimum Gasteiger partial charge on any atom is -0.490 e. The van der Waals surface area contributed by atoms with E-state index in [1.54, 1.807) is 13.3 Å². The summed E-state index contributed by atoms with van der Waals surface area (Å²) in [5.41, 5.74) is 2.36. The van der Waals surface area contributed by atoms with Crippen molar-refractivity contribution in [2.24, 2.45) is 0 Å². The average Bonchev–Trinajstić information content (AvgIpc) is 2.52. The van der Waals surface area contributed by atoms with E-state index >= 15 is 0 Å². The van der Waals surface area contributed by atoms with Crippen LogP contribution in [0.2, 0.25) is 0 Å². The van der Waals surface area contributed by atoms with E-state index in [-0.39, 0.29) is 0 Å². The lowest BCUT2D eigenvalue weighted by molar-refractivity contribution is 0.185. The van der Waals surface area contributed by atoms with Gasteiger partial charge in [0.2, 0.25) is 0 Å². The SMILES string of the molecule is CCCOc1cccnc1NCc1cccc(COC)c1. The lowest BCUT2D eigenvalue weighted by Gasteiger charge is -2.12. The third-order valence-corrected chi connectivity index (χ3v) is 2.99. The maximum absolute atomic E-state index is 5.69. The molecule has 1 aromatic heterocycles. The largest absolute Gasteiger partial charge is 0.490 e. The van der Waals surface area contributed by atoms with Crippen LogP contribution in [0.1, 0.15) is 24.5 Å². The number of ether oxygens (including phenoxy) is 2. The number of nitrogens with one attached hydrogen (secondary N) is 1. The number of benzene rings is 1. The van der Waals surface area contributed by atoms with Crippen LogP contribution in [0.4, 0.5) is 5.82 Å². The van der Waals surface area contributed by atoms with Gasteiger partial charge in [0, 0.05) is 19.9 Å². The maximum atomic E-state index is 5.69. The number of rotatable bonds is 8. The highest BCUT2D eigenvalue weighted by Crippen LogP contribution is 2.21. The molecule has 0 aliphatic carbocycles. The number of hydrogen-bond donors (Lipinski definition) is 1. The topological polar surface area (TPSA) is 43.4 Å². The first-order valence-corrected chi connectivity index (χ1v) is 7.22. The Bertz CT molecular complexity index is 558. The van der Waals surface area contributed by atoms with E-state index in [1.165, 1.54) is 11.1 Å². The average molecular weight is 286 g/mol. The summed E-state index contributed by atoms with van der Waals surface area (Å²) in [6.45, 7) is 4.12. The second-order valence-corrected chi connectivity index (χ2v) is 4.81. The molecule has 0 radical (unpaired) electrons. The van der Waals surface area contributed by atoms with Crippen molar-refractivity contribution in [3.05, 3.63) is 53.7 Å². The number of nitrogens with zero attached hydrogens (tertiary/aromatic N) is 1. The number of methoxy groups -OCH3 is 1. The molecule has 4 nitrogen and oxygen atoms in total. The smallest absolute Gasteiger partial charge is 0.169 e. The van der Waals surface area contributed by atoms with Gasteiger partial charge >= 0.3 is 0 Å². The molecule has 0 aliphatic heterocycles. The second-order valence-electron chi connectivity index (χ2n) is 4.81. The predicted molar refractivity (Wildman–Crippen MR) is 84.5 cm³/mol. The zero-order chi connectivity index (χ0) is 14.9. The molecule has 1 N–H and O–H groups in total. The Morgan fingerprint density at radius 2 is 2.00 bits per heavy atom. The molecular weight excluding hydrogens is 264 g/mol. The summed E-state index contributed by atoms with van der Waals surface area (Å²) in [5, 5.41) is 3.33. The van der Waals surface area contributed by atoms with Crippen molar-refractivity contribution in [2.75, 3.05) is 19.0 Å². The van der Waals surface area contributed by atoms with E-state index in [9.17, 15) is 0 Å². The molecule has 0 unspecified atom stereocenters. The predicted octanol–water partition coefficient (Wildman–Crippen LogP) is 3.63.